The number of carbonyl (C=O) groups is 2. The predicted molar refractivity (Wildman–Crippen MR) is 111 cm³/mol. The van der Waals surface area contributed by atoms with Crippen LogP contribution in [0.3, 0.4) is 0 Å². The van der Waals surface area contributed by atoms with Crippen molar-refractivity contribution in [1.82, 2.24) is 20.1 Å². The minimum atomic E-state index is -0.215. The molecule has 1 N–H and O–H groups in total. The molecule has 152 valence electrons. The number of nitriles is 1. The molecule has 0 spiro atoms. The SMILES string of the molecule is N#CCCN(C(=O)CCC(=O)NCc1ccc(-n2cccn2)nc1)c1ccccc1. The highest BCUT2D eigenvalue weighted by atomic mass is 16.2. The third kappa shape index (κ3) is 5.75. The Bertz CT molecular complexity index is 994. The summed E-state index contributed by atoms with van der Waals surface area (Å²) in [5, 5.41) is 15.8. The molecule has 0 aliphatic heterocycles. The fourth-order valence-electron chi connectivity index (χ4n) is 2.87. The number of benzene rings is 1. The van der Waals surface area contributed by atoms with Crippen molar-refractivity contribution in [2.45, 2.75) is 25.8 Å². The van der Waals surface area contributed by atoms with Crippen LogP contribution in [0.4, 0.5) is 5.69 Å². The number of para-hydroxylation sites is 1. The Kier molecular flexibility index (Phi) is 7.28. The largest absolute Gasteiger partial charge is 0.352 e. The minimum Gasteiger partial charge on any atom is -0.352 e. The zero-order chi connectivity index (χ0) is 21.2. The van der Waals surface area contributed by atoms with Crippen LogP contribution in [0, 0.1) is 11.3 Å². The van der Waals surface area contributed by atoms with Gasteiger partial charge in [-0.05, 0) is 29.8 Å². The van der Waals surface area contributed by atoms with Crippen molar-refractivity contribution in [3.8, 4) is 11.9 Å². The monoisotopic (exact) mass is 402 g/mol. The van der Waals surface area contributed by atoms with Crippen molar-refractivity contribution in [2.24, 2.45) is 0 Å². The van der Waals surface area contributed by atoms with Gasteiger partial charge in [-0.1, -0.05) is 24.3 Å². The highest BCUT2D eigenvalue weighted by Gasteiger charge is 2.16. The van der Waals surface area contributed by atoms with Crippen molar-refractivity contribution in [1.29, 1.82) is 5.26 Å². The van der Waals surface area contributed by atoms with Gasteiger partial charge >= 0.3 is 0 Å². The Morgan fingerprint density at radius 3 is 2.60 bits per heavy atom. The summed E-state index contributed by atoms with van der Waals surface area (Å²) in [5.41, 5.74) is 1.58. The normalized spacial score (nSPS) is 10.2. The van der Waals surface area contributed by atoms with Gasteiger partial charge in [-0.2, -0.15) is 10.4 Å². The van der Waals surface area contributed by atoms with Gasteiger partial charge in [0.15, 0.2) is 5.82 Å². The molecule has 2 amide bonds. The lowest BCUT2D eigenvalue weighted by atomic mass is 10.2. The first-order valence-electron chi connectivity index (χ1n) is 9.61. The maximum absolute atomic E-state index is 12.6. The quantitative estimate of drug-likeness (QED) is 0.592. The summed E-state index contributed by atoms with van der Waals surface area (Å²) in [6.45, 7) is 0.630. The molecular formula is C22H22N6O2. The molecule has 0 saturated carbocycles. The first kappa shape index (κ1) is 20.7. The minimum absolute atomic E-state index is 0.0721. The van der Waals surface area contributed by atoms with Gasteiger partial charge in [-0.3, -0.25) is 9.59 Å². The molecule has 0 radical (unpaired) electrons. The van der Waals surface area contributed by atoms with Crippen LogP contribution in [0.1, 0.15) is 24.8 Å². The molecule has 30 heavy (non-hydrogen) atoms. The van der Waals surface area contributed by atoms with Gasteiger partial charge in [0, 0.05) is 50.2 Å². The van der Waals surface area contributed by atoms with Gasteiger partial charge in [0.2, 0.25) is 11.8 Å². The number of amides is 2. The molecule has 0 fully saturated rings. The number of nitrogens with zero attached hydrogens (tertiary/aromatic N) is 5. The molecule has 0 saturated heterocycles. The molecule has 0 bridgehead atoms. The lowest BCUT2D eigenvalue weighted by Gasteiger charge is -2.21. The molecule has 0 aliphatic rings. The molecule has 8 nitrogen and oxygen atoms in total. The number of carbonyl (C=O) groups excluding carboxylic acids is 2. The molecule has 0 aliphatic carbocycles. The standard InChI is InChI=1S/C22H22N6O2/c23-12-4-14-27(19-6-2-1-3-7-19)22(30)11-10-21(29)25-17-18-8-9-20(24-16-18)28-15-5-13-26-28/h1-3,5-9,13,15-16H,4,10-11,14,17H2,(H,25,29). The third-order valence-corrected chi connectivity index (χ3v) is 4.42. The van der Waals surface area contributed by atoms with E-state index < -0.39 is 0 Å². The summed E-state index contributed by atoms with van der Waals surface area (Å²) in [5.74, 6) is 0.295. The smallest absolute Gasteiger partial charge is 0.227 e. The Hall–Kier alpha value is -3.99. The summed E-state index contributed by atoms with van der Waals surface area (Å²) in [7, 11) is 0. The van der Waals surface area contributed by atoms with Crippen molar-refractivity contribution in [3.63, 3.8) is 0 Å². The number of anilines is 1. The van der Waals surface area contributed by atoms with Crippen molar-refractivity contribution >= 4 is 17.5 Å². The van der Waals surface area contributed by atoms with E-state index in [2.05, 4.69) is 21.5 Å². The molecular weight excluding hydrogens is 380 g/mol. The topological polar surface area (TPSA) is 104 Å². The second-order valence-electron chi connectivity index (χ2n) is 6.54. The maximum atomic E-state index is 12.6. The van der Waals surface area contributed by atoms with Gasteiger partial charge in [0.25, 0.3) is 0 Å². The van der Waals surface area contributed by atoms with E-state index in [4.69, 9.17) is 5.26 Å². The number of rotatable bonds is 9. The van der Waals surface area contributed by atoms with E-state index in [1.807, 2.05) is 48.5 Å². The molecule has 0 atom stereocenters. The Morgan fingerprint density at radius 1 is 1.10 bits per heavy atom. The summed E-state index contributed by atoms with van der Waals surface area (Å²) in [6.07, 6.45) is 5.54. The van der Waals surface area contributed by atoms with E-state index in [0.29, 0.717) is 18.9 Å². The highest BCUT2D eigenvalue weighted by molar-refractivity contribution is 5.95. The summed E-state index contributed by atoms with van der Waals surface area (Å²) >= 11 is 0. The number of hydrogen-bond acceptors (Lipinski definition) is 5. The van der Waals surface area contributed by atoms with Gasteiger partial charge in [-0.25, -0.2) is 9.67 Å². The van der Waals surface area contributed by atoms with E-state index in [-0.39, 0.29) is 31.1 Å². The molecule has 0 unspecified atom stereocenters. The van der Waals surface area contributed by atoms with Crippen molar-refractivity contribution in [3.05, 3.63) is 72.7 Å². The van der Waals surface area contributed by atoms with E-state index >= 15 is 0 Å². The second-order valence-corrected chi connectivity index (χ2v) is 6.54. The van der Waals surface area contributed by atoms with Crippen LogP contribution in [0.25, 0.3) is 5.82 Å². The molecule has 2 aromatic heterocycles. The van der Waals surface area contributed by atoms with Crippen LogP contribution in [-0.2, 0) is 16.1 Å². The van der Waals surface area contributed by atoms with Crippen LogP contribution >= 0.6 is 0 Å². The average molecular weight is 402 g/mol. The molecule has 2 heterocycles. The van der Waals surface area contributed by atoms with Gasteiger partial charge in [0.05, 0.1) is 12.5 Å². The van der Waals surface area contributed by atoms with Gasteiger partial charge < -0.3 is 10.2 Å². The first-order chi connectivity index (χ1) is 14.7. The first-order valence-corrected chi connectivity index (χ1v) is 9.61. The molecule has 1 aromatic carbocycles. The molecule has 3 rings (SSSR count). The van der Waals surface area contributed by atoms with Crippen LogP contribution < -0.4 is 10.2 Å². The fourth-order valence-corrected chi connectivity index (χ4v) is 2.87. The number of hydrogen-bond donors (Lipinski definition) is 1. The zero-order valence-corrected chi connectivity index (χ0v) is 16.4. The lowest BCUT2D eigenvalue weighted by molar-refractivity contribution is -0.125. The lowest BCUT2D eigenvalue weighted by Crippen LogP contribution is -2.33. The Labute approximate surface area is 174 Å². The number of aromatic nitrogens is 3. The maximum Gasteiger partial charge on any atom is 0.227 e. The van der Waals surface area contributed by atoms with Crippen molar-refractivity contribution < 1.29 is 9.59 Å². The Morgan fingerprint density at radius 2 is 1.93 bits per heavy atom. The van der Waals surface area contributed by atoms with E-state index in [9.17, 15) is 9.59 Å². The van der Waals surface area contributed by atoms with E-state index in [0.717, 1.165) is 11.3 Å². The van der Waals surface area contributed by atoms with Crippen LogP contribution in [0.2, 0.25) is 0 Å². The summed E-state index contributed by atoms with van der Waals surface area (Å²) in [6, 6.07) is 16.7. The van der Waals surface area contributed by atoms with Crippen molar-refractivity contribution in [2.75, 3.05) is 11.4 Å². The summed E-state index contributed by atoms with van der Waals surface area (Å²) < 4.78 is 1.65. The number of pyridine rings is 1. The van der Waals surface area contributed by atoms with E-state index in [1.165, 1.54) is 0 Å². The van der Waals surface area contributed by atoms with Gasteiger partial charge in [-0.15, -0.1) is 0 Å². The highest BCUT2D eigenvalue weighted by Crippen LogP contribution is 2.15. The predicted octanol–water partition coefficient (Wildman–Crippen LogP) is 2.61. The number of nitrogens with one attached hydrogen (secondary N) is 1. The van der Waals surface area contributed by atoms with Gasteiger partial charge in [0.1, 0.15) is 0 Å². The fraction of sp³-hybridized carbons (Fsp3) is 0.227. The third-order valence-electron chi connectivity index (χ3n) is 4.42. The summed E-state index contributed by atoms with van der Waals surface area (Å²) in [4.78, 5) is 30.6. The Balaban J connectivity index is 1.48. The molecule has 3 aromatic rings. The zero-order valence-electron chi connectivity index (χ0n) is 16.4. The second kappa shape index (κ2) is 10.5. The van der Waals surface area contributed by atoms with Crippen LogP contribution in [-0.4, -0.2) is 33.1 Å². The van der Waals surface area contributed by atoms with E-state index in [1.54, 1.807) is 28.2 Å². The van der Waals surface area contributed by atoms with Crippen LogP contribution in [0.5, 0.6) is 0 Å². The molecule has 8 heteroatoms. The van der Waals surface area contributed by atoms with Crippen LogP contribution in [0.15, 0.2) is 67.1 Å². The average Bonchev–Trinajstić information content (AvgIpc) is 3.32.